The molecule has 0 spiro atoms. The molecule has 1 amide bonds. The standard InChI is InChI=1S/C24H28FN3O2/c25-18-6-11-21-22(24(29)27-23(21)16-18)17-26-19-7-9-20(10-8-19)30-15-5-4-14-28-12-2-1-3-13-28/h6-11,16-17,22H,1-5,12-15H2,(H,27,29). The van der Waals surface area contributed by atoms with Crippen molar-refractivity contribution in [1.29, 1.82) is 0 Å². The molecule has 2 aliphatic heterocycles. The zero-order chi connectivity index (χ0) is 20.8. The second-order valence-electron chi connectivity index (χ2n) is 7.93. The molecule has 0 aromatic heterocycles. The van der Waals surface area contributed by atoms with E-state index in [9.17, 15) is 9.18 Å². The van der Waals surface area contributed by atoms with Crippen molar-refractivity contribution >= 4 is 23.5 Å². The van der Waals surface area contributed by atoms with Gasteiger partial charge in [0.1, 0.15) is 17.5 Å². The van der Waals surface area contributed by atoms with Gasteiger partial charge in [-0.3, -0.25) is 9.79 Å². The molecule has 4 rings (SSSR count). The summed E-state index contributed by atoms with van der Waals surface area (Å²) >= 11 is 0. The van der Waals surface area contributed by atoms with Gasteiger partial charge in [-0.2, -0.15) is 0 Å². The van der Waals surface area contributed by atoms with Crippen molar-refractivity contribution in [2.24, 2.45) is 4.99 Å². The zero-order valence-electron chi connectivity index (χ0n) is 17.1. The first kappa shape index (κ1) is 20.5. The number of hydrogen-bond acceptors (Lipinski definition) is 4. The third-order valence-corrected chi connectivity index (χ3v) is 5.69. The van der Waals surface area contributed by atoms with Gasteiger partial charge in [-0.1, -0.05) is 12.5 Å². The number of carbonyl (C=O) groups is 1. The van der Waals surface area contributed by atoms with Gasteiger partial charge < -0.3 is 15.0 Å². The molecule has 1 N–H and O–H groups in total. The van der Waals surface area contributed by atoms with E-state index in [1.54, 1.807) is 12.3 Å². The number of anilines is 1. The average molecular weight is 410 g/mol. The van der Waals surface area contributed by atoms with Crippen LogP contribution in [0.5, 0.6) is 5.75 Å². The summed E-state index contributed by atoms with van der Waals surface area (Å²) in [4.78, 5) is 19.1. The van der Waals surface area contributed by atoms with Crippen LogP contribution in [0.3, 0.4) is 0 Å². The van der Waals surface area contributed by atoms with E-state index in [0.29, 0.717) is 12.3 Å². The van der Waals surface area contributed by atoms with Crippen molar-refractivity contribution in [3.63, 3.8) is 0 Å². The molecule has 2 aliphatic rings. The Morgan fingerprint density at radius 3 is 2.70 bits per heavy atom. The van der Waals surface area contributed by atoms with E-state index in [-0.39, 0.29) is 11.7 Å². The number of fused-ring (bicyclic) bond motifs is 1. The van der Waals surface area contributed by atoms with Crippen LogP contribution in [0.15, 0.2) is 47.5 Å². The summed E-state index contributed by atoms with van der Waals surface area (Å²) in [5.74, 6) is -0.236. The molecule has 5 nitrogen and oxygen atoms in total. The zero-order valence-corrected chi connectivity index (χ0v) is 17.1. The van der Waals surface area contributed by atoms with E-state index in [1.807, 2.05) is 24.3 Å². The van der Waals surface area contributed by atoms with Gasteiger partial charge in [-0.05, 0) is 87.3 Å². The summed E-state index contributed by atoms with van der Waals surface area (Å²) in [5, 5.41) is 2.69. The minimum absolute atomic E-state index is 0.191. The largest absolute Gasteiger partial charge is 0.494 e. The van der Waals surface area contributed by atoms with Crippen molar-refractivity contribution < 1.29 is 13.9 Å². The molecule has 0 radical (unpaired) electrons. The second kappa shape index (κ2) is 9.85. The smallest absolute Gasteiger partial charge is 0.237 e. The van der Waals surface area contributed by atoms with E-state index in [2.05, 4.69) is 15.2 Å². The Balaban J connectivity index is 1.23. The SMILES string of the molecule is O=C1Nc2cc(F)ccc2C1C=Nc1ccc(OCCCCN2CCCCC2)cc1. The quantitative estimate of drug-likeness (QED) is 0.498. The highest BCUT2D eigenvalue weighted by Gasteiger charge is 2.29. The van der Waals surface area contributed by atoms with Crippen molar-refractivity contribution in [2.75, 3.05) is 31.6 Å². The van der Waals surface area contributed by atoms with Crippen molar-refractivity contribution in [3.05, 3.63) is 53.8 Å². The topological polar surface area (TPSA) is 53.9 Å². The number of aliphatic imine (C=N–C) groups is 1. The normalized spacial score (nSPS) is 19.1. The maximum atomic E-state index is 13.3. The Morgan fingerprint density at radius 1 is 1.10 bits per heavy atom. The van der Waals surface area contributed by atoms with Crippen LogP contribution in [0.2, 0.25) is 0 Å². The Kier molecular flexibility index (Phi) is 6.74. The molecular weight excluding hydrogens is 381 g/mol. The van der Waals surface area contributed by atoms with Crippen LogP contribution in [0.4, 0.5) is 15.8 Å². The number of piperidine rings is 1. The Labute approximate surface area is 177 Å². The number of rotatable bonds is 8. The third-order valence-electron chi connectivity index (χ3n) is 5.69. The monoisotopic (exact) mass is 409 g/mol. The van der Waals surface area contributed by atoms with Gasteiger partial charge in [0.05, 0.1) is 12.3 Å². The van der Waals surface area contributed by atoms with Gasteiger partial charge in [0.15, 0.2) is 0 Å². The fourth-order valence-corrected chi connectivity index (χ4v) is 4.01. The molecule has 30 heavy (non-hydrogen) atoms. The summed E-state index contributed by atoms with van der Waals surface area (Å²) in [6.07, 6.45) is 7.87. The van der Waals surface area contributed by atoms with E-state index in [4.69, 9.17) is 4.74 Å². The van der Waals surface area contributed by atoms with Crippen LogP contribution in [-0.2, 0) is 4.79 Å². The van der Waals surface area contributed by atoms with Crippen LogP contribution in [-0.4, -0.2) is 43.3 Å². The lowest BCUT2D eigenvalue weighted by molar-refractivity contribution is -0.115. The molecule has 1 unspecified atom stereocenters. The molecule has 1 atom stereocenters. The van der Waals surface area contributed by atoms with Crippen LogP contribution in [0.1, 0.15) is 43.6 Å². The van der Waals surface area contributed by atoms with Crippen LogP contribution < -0.4 is 10.1 Å². The molecule has 1 saturated heterocycles. The van der Waals surface area contributed by atoms with Gasteiger partial charge in [0.25, 0.3) is 0 Å². The van der Waals surface area contributed by atoms with Gasteiger partial charge in [0, 0.05) is 11.9 Å². The minimum atomic E-state index is -0.503. The van der Waals surface area contributed by atoms with Crippen LogP contribution in [0, 0.1) is 5.82 Å². The van der Waals surface area contributed by atoms with E-state index < -0.39 is 5.92 Å². The number of likely N-dealkylation sites (tertiary alicyclic amines) is 1. The van der Waals surface area contributed by atoms with Crippen molar-refractivity contribution in [1.82, 2.24) is 4.90 Å². The average Bonchev–Trinajstić information content (AvgIpc) is 3.07. The Morgan fingerprint density at radius 2 is 1.90 bits per heavy atom. The molecule has 2 aromatic carbocycles. The summed E-state index contributed by atoms with van der Waals surface area (Å²) < 4.78 is 19.2. The maximum absolute atomic E-state index is 13.3. The number of halogens is 1. The molecule has 2 heterocycles. The number of hydrogen-bond donors (Lipinski definition) is 1. The maximum Gasteiger partial charge on any atom is 0.237 e. The molecule has 2 aromatic rings. The van der Waals surface area contributed by atoms with Gasteiger partial charge in [-0.15, -0.1) is 0 Å². The second-order valence-corrected chi connectivity index (χ2v) is 7.93. The lowest BCUT2D eigenvalue weighted by Crippen LogP contribution is -2.30. The number of carbonyl (C=O) groups excluding carboxylic acids is 1. The molecule has 6 heteroatoms. The number of nitrogens with zero attached hydrogens (tertiary/aromatic N) is 2. The van der Waals surface area contributed by atoms with E-state index in [1.165, 1.54) is 51.0 Å². The third kappa shape index (κ3) is 5.25. The van der Waals surface area contributed by atoms with Crippen LogP contribution >= 0.6 is 0 Å². The fraction of sp³-hybridized carbons (Fsp3) is 0.417. The lowest BCUT2D eigenvalue weighted by Gasteiger charge is -2.26. The molecule has 1 fully saturated rings. The Bertz CT molecular complexity index is 892. The van der Waals surface area contributed by atoms with Crippen molar-refractivity contribution in [3.8, 4) is 5.75 Å². The highest BCUT2D eigenvalue weighted by atomic mass is 19.1. The van der Waals surface area contributed by atoms with Crippen molar-refractivity contribution in [2.45, 2.75) is 38.0 Å². The van der Waals surface area contributed by atoms with Crippen LogP contribution in [0.25, 0.3) is 0 Å². The molecule has 158 valence electrons. The summed E-state index contributed by atoms with van der Waals surface area (Å²) in [7, 11) is 0. The number of ether oxygens (including phenoxy) is 1. The van der Waals surface area contributed by atoms with E-state index >= 15 is 0 Å². The number of nitrogens with one attached hydrogen (secondary N) is 1. The molecular formula is C24H28FN3O2. The number of amides is 1. The first-order valence-electron chi connectivity index (χ1n) is 10.8. The highest BCUT2D eigenvalue weighted by molar-refractivity contribution is 6.12. The van der Waals surface area contributed by atoms with E-state index in [0.717, 1.165) is 29.8 Å². The van der Waals surface area contributed by atoms with Gasteiger partial charge in [0.2, 0.25) is 5.91 Å². The Hall–Kier alpha value is -2.73. The lowest BCUT2D eigenvalue weighted by atomic mass is 10.0. The van der Waals surface area contributed by atoms with Gasteiger partial charge >= 0.3 is 0 Å². The first-order valence-corrected chi connectivity index (χ1v) is 10.8. The van der Waals surface area contributed by atoms with Gasteiger partial charge in [-0.25, -0.2) is 4.39 Å². The first-order chi connectivity index (χ1) is 14.7. The highest BCUT2D eigenvalue weighted by Crippen LogP contribution is 2.32. The molecule has 0 aliphatic carbocycles. The minimum Gasteiger partial charge on any atom is -0.494 e. The number of unbranched alkanes of at least 4 members (excludes halogenated alkanes) is 1. The summed E-state index contributed by atoms with van der Waals surface area (Å²) in [6, 6.07) is 11.9. The predicted octanol–water partition coefficient (Wildman–Crippen LogP) is 4.91. The molecule has 0 saturated carbocycles. The fourth-order valence-electron chi connectivity index (χ4n) is 4.01. The summed E-state index contributed by atoms with van der Waals surface area (Å²) in [5.41, 5.74) is 2.01. The summed E-state index contributed by atoms with van der Waals surface area (Å²) in [6.45, 7) is 4.37. The molecule has 0 bridgehead atoms. The predicted molar refractivity (Wildman–Crippen MR) is 117 cm³/mol. The number of benzene rings is 2.